The summed E-state index contributed by atoms with van der Waals surface area (Å²) in [7, 11) is 0. The van der Waals surface area contributed by atoms with Crippen LogP contribution in [-0.2, 0) is 4.79 Å². The van der Waals surface area contributed by atoms with Crippen molar-refractivity contribution in [3.05, 3.63) is 12.2 Å². The first kappa shape index (κ1) is 13.6. The Morgan fingerprint density at radius 1 is 1.28 bits per heavy atom. The van der Waals surface area contributed by atoms with E-state index in [0.29, 0.717) is 5.57 Å². The molecule has 2 N–H and O–H groups in total. The first-order valence-electron chi connectivity index (χ1n) is 6.91. The Morgan fingerprint density at radius 2 is 1.94 bits per heavy atom. The van der Waals surface area contributed by atoms with Crippen molar-refractivity contribution in [2.24, 2.45) is 17.3 Å². The number of aliphatic hydroxyl groups is 1. The van der Waals surface area contributed by atoms with Crippen LogP contribution in [0, 0.1) is 17.3 Å². The highest BCUT2D eigenvalue weighted by Gasteiger charge is 2.51. The normalized spacial score (nSPS) is 44.2. The van der Waals surface area contributed by atoms with Crippen molar-refractivity contribution in [3.63, 3.8) is 0 Å². The molecule has 0 aromatic carbocycles. The van der Waals surface area contributed by atoms with Gasteiger partial charge in [-0.3, -0.25) is 0 Å². The summed E-state index contributed by atoms with van der Waals surface area (Å²) in [5, 5.41) is 19.7. The van der Waals surface area contributed by atoms with Gasteiger partial charge >= 0.3 is 5.97 Å². The molecule has 0 spiro atoms. The van der Waals surface area contributed by atoms with Gasteiger partial charge < -0.3 is 10.2 Å². The summed E-state index contributed by atoms with van der Waals surface area (Å²) in [6, 6.07) is 0. The van der Waals surface area contributed by atoms with Crippen LogP contribution in [0.25, 0.3) is 0 Å². The van der Waals surface area contributed by atoms with Gasteiger partial charge in [-0.05, 0) is 56.3 Å². The minimum Gasteiger partial charge on any atom is -0.478 e. The molecular formula is C15H24O3. The average Bonchev–Trinajstić information content (AvgIpc) is 2.27. The summed E-state index contributed by atoms with van der Waals surface area (Å²) in [6.45, 7) is 7.88. The monoisotopic (exact) mass is 252 g/mol. The Hall–Kier alpha value is -0.830. The molecular weight excluding hydrogens is 228 g/mol. The van der Waals surface area contributed by atoms with Crippen molar-refractivity contribution in [2.45, 2.75) is 58.0 Å². The number of carboxylic acids is 1. The van der Waals surface area contributed by atoms with Crippen LogP contribution in [0.1, 0.15) is 52.4 Å². The van der Waals surface area contributed by atoms with Gasteiger partial charge in [-0.2, -0.15) is 0 Å². The van der Waals surface area contributed by atoms with Crippen LogP contribution in [0.4, 0.5) is 0 Å². The maximum absolute atomic E-state index is 11.0. The molecule has 0 aliphatic heterocycles. The molecule has 1 unspecified atom stereocenters. The van der Waals surface area contributed by atoms with Crippen LogP contribution in [0.2, 0.25) is 0 Å². The fraction of sp³-hybridized carbons (Fsp3) is 0.800. The molecule has 2 saturated carbocycles. The zero-order chi connectivity index (χ0) is 13.6. The van der Waals surface area contributed by atoms with Gasteiger partial charge in [-0.15, -0.1) is 0 Å². The predicted molar refractivity (Wildman–Crippen MR) is 70.2 cm³/mol. The van der Waals surface area contributed by atoms with Crippen molar-refractivity contribution < 1.29 is 15.0 Å². The smallest absolute Gasteiger partial charge is 0.331 e. The number of carboxylic acid groups (broad SMARTS) is 1. The maximum atomic E-state index is 11.0. The lowest BCUT2D eigenvalue weighted by molar-refractivity contribution is -0.137. The van der Waals surface area contributed by atoms with E-state index in [1.165, 1.54) is 0 Å². The van der Waals surface area contributed by atoms with Crippen LogP contribution in [0.5, 0.6) is 0 Å². The molecule has 3 heteroatoms. The Bertz CT molecular complexity index is 372. The van der Waals surface area contributed by atoms with E-state index in [1.807, 2.05) is 6.92 Å². The summed E-state index contributed by atoms with van der Waals surface area (Å²) in [6.07, 6.45) is 5.73. The Morgan fingerprint density at radius 3 is 2.56 bits per heavy atom. The van der Waals surface area contributed by atoms with E-state index in [1.54, 1.807) is 0 Å². The molecule has 0 saturated heterocycles. The van der Waals surface area contributed by atoms with Crippen molar-refractivity contribution in [1.82, 2.24) is 0 Å². The van der Waals surface area contributed by atoms with Crippen LogP contribution in [0.15, 0.2) is 12.2 Å². The SMILES string of the molecule is C=C(C(=O)O)[C@@H]1CC[C@@]2(C)CCCC(C)(O)[C@@H]2C1. The summed E-state index contributed by atoms with van der Waals surface area (Å²) in [5.41, 5.74) is -0.153. The van der Waals surface area contributed by atoms with E-state index < -0.39 is 11.6 Å². The topological polar surface area (TPSA) is 57.5 Å². The number of rotatable bonds is 2. The molecule has 2 rings (SSSR count). The molecule has 0 bridgehead atoms. The molecule has 0 aromatic rings. The fourth-order valence-electron chi connectivity index (χ4n) is 4.18. The molecule has 0 aromatic heterocycles. The molecule has 2 aliphatic rings. The number of hydrogen-bond acceptors (Lipinski definition) is 2. The summed E-state index contributed by atoms with van der Waals surface area (Å²) < 4.78 is 0. The Kier molecular flexibility index (Phi) is 3.30. The zero-order valence-corrected chi connectivity index (χ0v) is 11.4. The number of carbonyl (C=O) groups is 1. The molecule has 4 atom stereocenters. The van der Waals surface area contributed by atoms with Gasteiger partial charge in [0.05, 0.1) is 5.60 Å². The number of fused-ring (bicyclic) bond motifs is 1. The van der Waals surface area contributed by atoms with Gasteiger partial charge in [0.1, 0.15) is 0 Å². The first-order chi connectivity index (χ1) is 8.26. The fourth-order valence-corrected chi connectivity index (χ4v) is 4.18. The van der Waals surface area contributed by atoms with Gasteiger partial charge in [0.2, 0.25) is 0 Å². The van der Waals surface area contributed by atoms with E-state index in [4.69, 9.17) is 5.11 Å². The number of aliphatic carboxylic acids is 1. The molecule has 3 nitrogen and oxygen atoms in total. The summed E-state index contributed by atoms with van der Waals surface area (Å²) in [5.74, 6) is -0.655. The lowest BCUT2D eigenvalue weighted by Crippen LogP contribution is -2.51. The third kappa shape index (κ3) is 2.20. The van der Waals surface area contributed by atoms with E-state index in [-0.39, 0.29) is 17.3 Å². The minimum absolute atomic E-state index is 0.0325. The Labute approximate surface area is 109 Å². The van der Waals surface area contributed by atoms with E-state index in [2.05, 4.69) is 13.5 Å². The second-order valence-corrected chi connectivity index (χ2v) is 6.72. The van der Waals surface area contributed by atoms with Crippen LogP contribution < -0.4 is 0 Å². The average molecular weight is 252 g/mol. The largest absolute Gasteiger partial charge is 0.478 e. The molecule has 2 aliphatic carbocycles. The quantitative estimate of drug-likeness (QED) is 0.743. The van der Waals surface area contributed by atoms with Gasteiger partial charge in [-0.25, -0.2) is 4.79 Å². The molecule has 18 heavy (non-hydrogen) atoms. The molecule has 102 valence electrons. The third-order valence-electron chi connectivity index (χ3n) is 5.37. The second-order valence-electron chi connectivity index (χ2n) is 6.72. The molecule has 2 fully saturated rings. The molecule has 0 heterocycles. The van der Waals surface area contributed by atoms with E-state index in [0.717, 1.165) is 38.5 Å². The summed E-state index contributed by atoms with van der Waals surface area (Å²) in [4.78, 5) is 11.0. The lowest BCUT2D eigenvalue weighted by Gasteiger charge is -2.54. The van der Waals surface area contributed by atoms with Crippen molar-refractivity contribution in [1.29, 1.82) is 0 Å². The van der Waals surface area contributed by atoms with Crippen LogP contribution in [0.3, 0.4) is 0 Å². The lowest BCUT2D eigenvalue weighted by atomic mass is 9.53. The van der Waals surface area contributed by atoms with Crippen molar-refractivity contribution in [2.75, 3.05) is 0 Å². The standard InChI is InChI=1S/C15H24O3/c1-10(13(16)17)11-5-8-14(2)6-4-7-15(3,18)12(14)9-11/h11-12,18H,1,4-9H2,2-3H3,(H,16,17)/t11-,12-,14-,15?/m1/s1. The number of hydrogen-bond donors (Lipinski definition) is 2. The second kappa shape index (κ2) is 4.37. The van der Waals surface area contributed by atoms with Gasteiger partial charge in [0, 0.05) is 5.57 Å². The van der Waals surface area contributed by atoms with Gasteiger partial charge in [0.15, 0.2) is 0 Å². The van der Waals surface area contributed by atoms with Crippen LogP contribution >= 0.6 is 0 Å². The third-order valence-corrected chi connectivity index (χ3v) is 5.37. The van der Waals surface area contributed by atoms with E-state index in [9.17, 15) is 9.90 Å². The highest BCUT2D eigenvalue weighted by molar-refractivity contribution is 5.86. The minimum atomic E-state index is -0.890. The first-order valence-corrected chi connectivity index (χ1v) is 6.91. The highest BCUT2D eigenvalue weighted by Crippen LogP contribution is 2.56. The van der Waals surface area contributed by atoms with Gasteiger partial charge in [0.25, 0.3) is 0 Å². The predicted octanol–water partition coefficient (Wildman–Crippen LogP) is 2.98. The molecule has 0 radical (unpaired) electrons. The van der Waals surface area contributed by atoms with Crippen molar-refractivity contribution >= 4 is 5.97 Å². The molecule has 0 amide bonds. The maximum Gasteiger partial charge on any atom is 0.331 e. The zero-order valence-electron chi connectivity index (χ0n) is 11.4. The van der Waals surface area contributed by atoms with Gasteiger partial charge in [-0.1, -0.05) is 19.9 Å². The Balaban J connectivity index is 2.19. The highest BCUT2D eigenvalue weighted by atomic mass is 16.4. The van der Waals surface area contributed by atoms with E-state index >= 15 is 0 Å². The van der Waals surface area contributed by atoms with Crippen LogP contribution in [-0.4, -0.2) is 21.8 Å². The summed E-state index contributed by atoms with van der Waals surface area (Å²) >= 11 is 0. The van der Waals surface area contributed by atoms with Crippen molar-refractivity contribution in [3.8, 4) is 0 Å².